The molecule has 0 unspecified atom stereocenters. The minimum absolute atomic E-state index is 0.288. The van der Waals surface area contributed by atoms with Gasteiger partial charge in [-0.1, -0.05) is 20.8 Å². The summed E-state index contributed by atoms with van der Waals surface area (Å²) < 4.78 is 11.0. The van der Waals surface area contributed by atoms with E-state index in [4.69, 9.17) is 9.47 Å². The first-order valence-electron chi connectivity index (χ1n) is 9.76. The fourth-order valence-corrected chi connectivity index (χ4v) is 4.91. The first-order valence-corrected chi connectivity index (χ1v) is 10.6. The molecule has 0 spiro atoms. The average molecular weight is 397 g/mol. The summed E-state index contributed by atoms with van der Waals surface area (Å²) in [5.41, 5.74) is 3.18. The van der Waals surface area contributed by atoms with Crippen molar-refractivity contribution in [2.75, 3.05) is 13.7 Å². The Balaban J connectivity index is 1.89. The Morgan fingerprint density at radius 2 is 2.11 bits per heavy atom. The van der Waals surface area contributed by atoms with Crippen LogP contribution in [0.4, 0.5) is 5.00 Å². The largest absolute Gasteiger partial charge is 0.493 e. The van der Waals surface area contributed by atoms with Crippen LogP contribution < -0.4 is 9.47 Å². The second-order valence-electron chi connectivity index (χ2n) is 8.20. The summed E-state index contributed by atoms with van der Waals surface area (Å²) in [7, 11) is 1.63. The van der Waals surface area contributed by atoms with Gasteiger partial charge in [0.05, 0.1) is 19.3 Å². The van der Waals surface area contributed by atoms with Crippen molar-refractivity contribution < 1.29 is 9.47 Å². The van der Waals surface area contributed by atoms with Crippen molar-refractivity contribution in [2.24, 2.45) is 16.3 Å². The maximum Gasteiger partial charge on any atom is 0.161 e. The molecule has 1 aromatic heterocycles. The number of methoxy groups -OCH3 is 1. The number of hydrogen-bond donors (Lipinski definition) is 0. The minimum atomic E-state index is 0.288. The summed E-state index contributed by atoms with van der Waals surface area (Å²) in [6.07, 6.45) is 4.97. The highest BCUT2D eigenvalue weighted by Crippen LogP contribution is 2.44. The molecule has 0 saturated carbocycles. The van der Waals surface area contributed by atoms with Crippen LogP contribution in [0.15, 0.2) is 23.2 Å². The number of hydrogen-bond acceptors (Lipinski definition) is 5. The van der Waals surface area contributed by atoms with Gasteiger partial charge in [0, 0.05) is 11.1 Å². The topological polar surface area (TPSA) is 54.6 Å². The van der Waals surface area contributed by atoms with E-state index in [1.54, 1.807) is 24.7 Å². The van der Waals surface area contributed by atoms with Crippen LogP contribution in [0, 0.1) is 22.7 Å². The molecule has 1 heterocycles. The monoisotopic (exact) mass is 396 g/mol. The van der Waals surface area contributed by atoms with Crippen LogP contribution in [-0.2, 0) is 12.8 Å². The number of nitrogens with zero attached hydrogens (tertiary/aromatic N) is 2. The van der Waals surface area contributed by atoms with Crippen LogP contribution in [0.1, 0.15) is 55.7 Å². The molecule has 1 aromatic carbocycles. The fraction of sp³-hybridized carbons (Fsp3) is 0.478. The number of nitriles is 1. The SMILES string of the molecule is CCOc1cc(C=Nc2sc3c(c2C#N)CC[C@H](C(C)(C)C)C3)ccc1OC. The van der Waals surface area contributed by atoms with Gasteiger partial charge in [0.25, 0.3) is 0 Å². The van der Waals surface area contributed by atoms with E-state index in [-0.39, 0.29) is 5.41 Å². The Labute approximate surface area is 171 Å². The summed E-state index contributed by atoms with van der Waals surface area (Å²) in [4.78, 5) is 6.00. The van der Waals surface area contributed by atoms with Crippen LogP contribution >= 0.6 is 11.3 Å². The second kappa shape index (κ2) is 8.36. The maximum absolute atomic E-state index is 9.71. The predicted molar refractivity (Wildman–Crippen MR) is 115 cm³/mol. The number of thiophene rings is 1. The van der Waals surface area contributed by atoms with Crippen molar-refractivity contribution in [1.29, 1.82) is 5.26 Å². The van der Waals surface area contributed by atoms with E-state index in [1.807, 2.05) is 25.1 Å². The predicted octanol–water partition coefficient (Wildman–Crippen LogP) is 5.93. The van der Waals surface area contributed by atoms with Crippen LogP contribution in [0.25, 0.3) is 0 Å². The molecular weight excluding hydrogens is 368 g/mol. The molecule has 1 aliphatic rings. The zero-order valence-corrected chi connectivity index (χ0v) is 18.2. The Kier molecular flexibility index (Phi) is 6.10. The highest BCUT2D eigenvalue weighted by Gasteiger charge is 2.32. The molecule has 0 aliphatic heterocycles. The van der Waals surface area contributed by atoms with Crippen LogP contribution in [0.2, 0.25) is 0 Å². The van der Waals surface area contributed by atoms with Crippen LogP contribution in [0.3, 0.4) is 0 Å². The van der Waals surface area contributed by atoms with E-state index in [2.05, 4.69) is 31.8 Å². The van der Waals surface area contributed by atoms with Gasteiger partial charge in [-0.25, -0.2) is 4.99 Å². The van der Waals surface area contributed by atoms with E-state index in [9.17, 15) is 5.26 Å². The minimum Gasteiger partial charge on any atom is -0.493 e. The third-order valence-corrected chi connectivity index (χ3v) is 6.56. The lowest BCUT2D eigenvalue weighted by atomic mass is 9.72. The Bertz CT molecular complexity index is 916. The number of rotatable bonds is 5. The smallest absolute Gasteiger partial charge is 0.161 e. The molecule has 0 bridgehead atoms. The number of ether oxygens (including phenoxy) is 2. The Morgan fingerprint density at radius 3 is 2.75 bits per heavy atom. The summed E-state index contributed by atoms with van der Waals surface area (Å²) >= 11 is 1.67. The summed E-state index contributed by atoms with van der Waals surface area (Å²) in [6, 6.07) is 8.14. The molecule has 4 nitrogen and oxygen atoms in total. The van der Waals surface area contributed by atoms with Crippen molar-refractivity contribution in [3.8, 4) is 17.6 Å². The molecule has 5 heteroatoms. The van der Waals surface area contributed by atoms with Gasteiger partial charge in [0.2, 0.25) is 0 Å². The highest BCUT2D eigenvalue weighted by molar-refractivity contribution is 7.16. The molecule has 148 valence electrons. The molecule has 1 aliphatic carbocycles. The molecule has 0 amide bonds. The van der Waals surface area contributed by atoms with E-state index < -0.39 is 0 Å². The lowest BCUT2D eigenvalue weighted by Gasteiger charge is -2.33. The van der Waals surface area contributed by atoms with Crippen molar-refractivity contribution in [3.05, 3.63) is 39.8 Å². The lowest BCUT2D eigenvalue weighted by molar-refractivity contribution is 0.218. The van der Waals surface area contributed by atoms with Gasteiger partial charge in [-0.3, -0.25) is 0 Å². The first kappa shape index (κ1) is 20.4. The van der Waals surface area contributed by atoms with Crippen molar-refractivity contribution in [2.45, 2.75) is 47.0 Å². The zero-order valence-electron chi connectivity index (χ0n) is 17.3. The van der Waals surface area contributed by atoms with Gasteiger partial charge in [0.15, 0.2) is 11.5 Å². The van der Waals surface area contributed by atoms with Gasteiger partial charge in [-0.2, -0.15) is 5.26 Å². The molecule has 0 radical (unpaired) electrons. The van der Waals surface area contributed by atoms with Gasteiger partial charge in [0.1, 0.15) is 11.1 Å². The number of benzene rings is 1. The normalized spacial score (nSPS) is 16.6. The Morgan fingerprint density at radius 1 is 1.32 bits per heavy atom. The van der Waals surface area contributed by atoms with E-state index in [1.165, 1.54) is 10.4 Å². The molecule has 28 heavy (non-hydrogen) atoms. The summed E-state index contributed by atoms with van der Waals surface area (Å²) in [5.74, 6) is 2.06. The van der Waals surface area contributed by atoms with E-state index in [0.29, 0.717) is 24.0 Å². The van der Waals surface area contributed by atoms with Gasteiger partial charge in [-0.15, -0.1) is 11.3 Å². The number of fused-ring (bicyclic) bond motifs is 1. The fourth-order valence-electron chi connectivity index (χ4n) is 3.69. The molecule has 0 saturated heterocycles. The van der Waals surface area contributed by atoms with Crippen molar-refractivity contribution in [3.63, 3.8) is 0 Å². The third kappa shape index (κ3) is 4.23. The maximum atomic E-state index is 9.71. The second-order valence-corrected chi connectivity index (χ2v) is 9.29. The van der Waals surface area contributed by atoms with Gasteiger partial charge in [-0.05, 0) is 66.8 Å². The molecule has 0 N–H and O–H groups in total. The zero-order chi connectivity index (χ0) is 20.3. The highest BCUT2D eigenvalue weighted by atomic mass is 32.1. The first-order chi connectivity index (χ1) is 13.4. The standard InChI is InChI=1S/C23H28N2O2S/c1-6-27-20-11-15(7-10-19(20)26-5)14-25-22-18(13-24)17-9-8-16(23(2,3)4)12-21(17)28-22/h7,10-11,14,16H,6,8-9,12H2,1-5H3/t16-/m0/s1. The van der Waals surface area contributed by atoms with E-state index >= 15 is 0 Å². The summed E-state index contributed by atoms with van der Waals surface area (Å²) in [5, 5.41) is 10.5. The molecule has 1 atom stereocenters. The van der Waals surface area contributed by atoms with Crippen LogP contribution in [-0.4, -0.2) is 19.9 Å². The average Bonchev–Trinajstić information content (AvgIpc) is 3.02. The number of aliphatic imine (C=N–C) groups is 1. The Hall–Kier alpha value is -2.32. The molecule has 3 rings (SSSR count). The molecule has 2 aromatic rings. The molecular formula is C23H28N2O2S. The van der Waals surface area contributed by atoms with Crippen molar-refractivity contribution >= 4 is 22.6 Å². The quantitative estimate of drug-likeness (QED) is 0.589. The third-order valence-electron chi connectivity index (χ3n) is 5.40. The van der Waals surface area contributed by atoms with Gasteiger partial charge >= 0.3 is 0 Å². The molecule has 0 fully saturated rings. The van der Waals surface area contributed by atoms with E-state index in [0.717, 1.165) is 35.4 Å². The van der Waals surface area contributed by atoms with Crippen LogP contribution in [0.5, 0.6) is 11.5 Å². The van der Waals surface area contributed by atoms with Gasteiger partial charge < -0.3 is 9.47 Å². The lowest BCUT2D eigenvalue weighted by Crippen LogP contribution is -2.26. The van der Waals surface area contributed by atoms with Crippen molar-refractivity contribution in [1.82, 2.24) is 0 Å². The summed E-state index contributed by atoms with van der Waals surface area (Å²) in [6.45, 7) is 9.43.